The van der Waals surface area contributed by atoms with Gasteiger partial charge >= 0.3 is 0 Å². The first kappa shape index (κ1) is 11.9. The zero-order valence-electron chi connectivity index (χ0n) is 10.5. The summed E-state index contributed by atoms with van der Waals surface area (Å²) in [4.78, 5) is 0. The van der Waals surface area contributed by atoms with E-state index < -0.39 is 0 Å². The molecule has 18 heavy (non-hydrogen) atoms. The van der Waals surface area contributed by atoms with E-state index in [0.717, 1.165) is 18.8 Å². The van der Waals surface area contributed by atoms with E-state index in [1.807, 2.05) is 11.8 Å². The van der Waals surface area contributed by atoms with Crippen LogP contribution in [0.4, 0.5) is 0 Å². The van der Waals surface area contributed by atoms with Crippen LogP contribution in [0.15, 0.2) is 42.7 Å². The van der Waals surface area contributed by atoms with Gasteiger partial charge in [0.25, 0.3) is 0 Å². The van der Waals surface area contributed by atoms with Gasteiger partial charge in [-0.25, -0.2) is 0 Å². The molecule has 0 bridgehead atoms. The Kier molecular flexibility index (Phi) is 3.43. The molecule has 94 valence electrons. The van der Waals surface area contributed by atoms with Gasteiger partial charge in [-0.3, -0.25) is 0 Å². The molecule has 1 aliphatic heterocycles. The largest absolute Gasteiger partial charge is 0.362 e. The van der Waals surface area contributed by atoms with Gasteiger partial charge in [0.2, 0.25) is 0 Å². The maximum atomic E-state index is 5.69. The average molecular weight is 259 g/mol. The SMILES string of the molecule is CCc1ccccc1-n1ccc([C@@H]2OCCS2)c1. The highest BCUT2D eigenvalue weighted by Crippen LogP contribution is 2.35. The van der Waals surface area contributed by atoms with Gasteiger partial charge in [0, 0.05) is 29.4 Å². The third kappa shape index (κ3) is 2.20. The number of ether oxygens (including phenoxy) is 1. The van der Waals surface area contributed by atoms with Gasteiger partial charge in [-0.1, -0.05) is 25.1 Å². The van der Waals surface area contributed by atoms with Crippen LogP contribution < -0.4 is 0 Å². The smallest absolute Gasteiger partial charge is 0.130 e. The van der Waals surface area contributed by atoms with Crippen LogP contribution in [0.1, 0.15) is 23.5 Å². The highest BCUT2D eigenvalue weighted by atomic mass is 32.2. The van der Waals surface area contributed by atoms with Gasteiger partial charge in [-0.15, -0.1) is 11.8 Å². The van der Waals surface area contributed by atoms with Crippen molar-refractivity contribution in [3.05, 3.63) is 53.9 Å². The second-order valence-corrected chi connectivity index (χ2v) is 5.58. The number of para-hydroxylation sites is 1. The van der Waals surface area contributed by atoms with Crippen molar-refractivity contribution < 1.29 is 4.74 Å². The van der Waals surface area contributed by atoms with Crippen LogP contribution in [0.5, 0.6) is 0 Å². The third-order valence-corrected chi connectivity index (χ3v) is 4.37. The number of rotatable bonds is 3. The van der Waals surface area contributed by atoms with Crippen molar-refractivity contribution in [2.75, 3.05) is 12.4 Å². The van der Waals surface area contributed by atoms with E-state index in [1.165, 1.54) is 16.8 Å². The van der Waals surface area contributed by atoms with Gasteiger partial charge < -0.3 is 9.30 Å². The zero-order chi connectivity index (χ0) is 12.4. The average Bonchev–Trinajstić information content (AvgIpc) is 3.09. The molecule has 1 aromatic carbocycles. The summed E-state index contributed by atoms with van der Waals surface area (Å²) in [6, 6.07) is 10.7. The molecular formula is C15H17NOS. The first-order valence-electron chi connectivity index (χ1n) is 6.38. The predicted molar refractivity (Wildman–Crippen MR) is 76.3 cm³/mol. The Labute approximate surface area is 112 Å². The summed E-state index contributed by atoms with van der Waals surface area (Å²) in [6.07, 6.45) is 5.38. The van der Waals surface area contributed by atoms with Crippen LogP contribution in [-0.4, -0.2) is 16.9 Å². The van der Waals surface area contributed by atoms with Gasteiger partial charge in [-0.05, 0) is 24.1 Å². The Balaban J connectivity index is 1.92. The highest BCUT2D eigenvalue weighted by Gasteiger charge is 2.19. The lowest BCUT2D eigenvalue weighted by Crippen LogP contribution is -1.96. The highest BCUT2D eigenvalue weighted by molar-refractivity contribution is 7.99. The molecule has 1 saturated heterocycles. The molecule has 0 amide bonds. The molecule has 1 fully saturated rings. The van der Waals surface area contributed by atoms with E-state index >= 15 is 0 Å². The molecule has 2 nitrogen and oxygen atoms in total. The Morgan fingerprint density at radius 2 is 2.22 bits per heavy atom. The second kappa shape index (κ2) is 5.21. The lowest BCUT2D eigenvalue weighted by molar-refractivity contribution is 0.145. The van der Waals surface area contributed by atoms with Crippen molar-refractivity contribution in [1.29, 1.82) is 0 Å². The van der Waals surface area contributed by atoms with E-state index in [1.54, 1.807) is 0 Å². The fraction of sp³-hybridized carbons (Fsp3) is 0.333. The van der Waals surface area contributed by atoms with Crippen molar-refractivity contribution in [2.24, 2.45) is 0 Å². The zero-order valence-corrected chi connectivity index (χ0v) is 11.3. The van der Waals surface area contributed by atoms with Crippen molar-refractivity contribution in [1.82, 2.24) is 4.57 Å². The van der Waals surface area contributed by atoms with E-state index in [4.69, 9.17) is 4.74 Å². The van der Waals surface area contributed by atoms with Crippen LogP contribution >= 0.6 is 11.8 Å². The number of aryl methyl sites for hydroxylation is 1. The van der Waals surface area contributed by atoms with Gasteiger partial charge in [-0.2, -0.15) is 0 Å². The molecular weight excluding hydrogens is 242 g/mol. The number of nitrogens with zero attached hydrogens (tertiary/aromatic N) is 1. The summed E-state index contributed by atoms with van der Waals surface area (Å²) >= 11 is 1.88. The molecule has 1 atom stereocenters. The topological polar surface area (TPSA) is 14.2 Å². The summed E-state index contributed by atoms with van der Waals surface area (Å²) in [6.45, 7) is 3.06. The van der Waals surface area contributed by atoms with Crippen molar-refractivity contribution in [2.45, 2.75) is 18.8 Å². The number of benzene rings is 1. The molecule has 0 N–H and O–H groups in total. The maximum Gasteiger partial charge on any atom is 0.130 e. The fourth-order valence-corrected chi connectivity index (χ4v) is 3.25. The minimum Gasteiger partial charge on any atom is -0.362 e. The molecule has 2 heterocycles. The molecule has 0 aliphatic carbocycles. The summed E-state index contributed by atoms with van der Waals surface area (Å²) in [5.41, 5.74) is 4.14. The molecule has 0 spiro atoms. The normalized spacial score (nSPS) is 19.3. The molecule has 0 unspecified atom stereocenters. The van der Waals surface area contributed by atoms with Crippen molar-refractivity contribution in [3.8, 4) is 5.69 Å². The summed E-state index contributed by atoms with van der Waals surface area (Å²) in [7, 11) is 0. The number of hydrogen-bond acceptors (Lipinski definition) is 2. The molecule has 3 heteroatoms. The van der Waals surface area contributed by atoms with Crippen LogP contribution in [0, 0.1) is 0 Å². The molecule has 3 rings (SSSR count). The third-order valence-electron chi connectivity index (χ3n) is 3.26. The summed E-state index contributed by atoms with van der Waals surface area (Å²) in [5, 5.41) is 0. The molecule has 1 aliphatic rings. The minimum absolute atomic E-state index is 0.222. The van der Waals surface area contributed by atoms with Gasteiger partial charge in [0.05, 0.1) is 6.61 Å². The number of aromatic nitrogens is 1. The monoisotopic (exact) mass is 259 g/mol. The Bertz CT molecular complexity index is 529. The van der Waals surface area contributed by atoms with E-state index in [2.05, 4.69) is 54.2 Å². The number of hydrogen-bond donors (Lipinski definition) is 0. The maximum absolute atomic E-state index is 5.69. The lowest BCUT2D eigenvalue weighted by atomic mass is 10.1. The molecule has 0 radical (unpaired) electrons. The Morgan fingerprint density at radius 3 is 3.00 bits per heavy atom. The Hall–Kier alpha value is -1.19. The van der Waals surface area contributed by atoms with Crippen LogP contribution in [0.3, 0.4) is 0 Å². The van der Waals surface area contributed by atoms with E-state index in [0.29, 0.717) is 0 Å². The molecule has 0 saturated carbocycles. The number of thioether (sulfide) groups is 1. The quantitative estimate of drug-likeness (QED) is 0.832. The fourth-order valence-electron chi connectivity index (χ4n) is 2.31. The van der Waals surface area contributed by atoms with Crippen molar-refractivity contribution >= 4 is 11.8 Å². The van der Waals surface area contributed by atoms with Crippen LogP contribution in [-0.2, 0) is 11.2 Å². The lowest BCUT2D eigenvalue weighted by Gasteiger charge is -2.09. The molecule has 1 aromatic heterocycles. The second-order valence-electron chi connectivity index (χ2n) is 4.41. The first-order chi connectivity index (χ1) is 8.88. The van der Waals surface area contributed by atoms with Crippen LogP contribution in [0.25, 0.3) is 5.69 Å². The minimum atomic E-state index is 0.222. The predicted octanol–water partition coefficient (Wildman–Crippen LogP) is 3.80. The Morgan fingerprint density at radius 1 is 1.33 bits per heavy atom. The standard InChI is InChI=1S/C15H17NOS/c1-2-12-5-3-4-6-14(12)16-8-7-13(11-16)15-17-9-10-18-15/h3-8,11,15H,2,9-10H2,1H3/t15-/m1/s1. The van der Waals surface area contributed by atoms with Gasteiger partial charge in [0.1, 0.15) is 5.44 Å². The first-order valence-corrected chi connectivity index (χ1v) is 7.42. The summed E-state index contributed by atoms with van der Waals surface area (Å²) in [5.74, 6) is 1.10. The van der Waals surface area contributed by atoms with Crippen LogP contribution in [0.2, 0.25) is 0 Å². The van der Waals surface area contributed by atoms with Crippen molar-refractivity contribution in [3.63, 3.8) is 0 Å². The summed E-state index contributed by atoms with van der Waals surface area (Å²) < 4.78 is 7.90. The van der Waals surface area contributed by atoms with Gasteiger partial charge in [0.15, 0.2) is 0 Å². The van der Waals surface area contributed by atoms with E-state index in [-0.39, 0.29) is 5.44 Å². The van der Waals surface area contributed by atoms with E-state index in [9.17, 15) is 0 Å². The molecule has 2 aromatic rings.